The SMILES string of the molecule is Cc1nn(C)c(N2CC(CS(=O)(=O)Cl)CC2=O)c1-c1ccccc1. The molecule has 0 aliphatic carbocycles. The van der Waals surface area contributed by atoms with Gasteiger partial charge in [0.05, 0.1) is 11.4 Å². The molecule has 1 fully saturated rings. The highest BCUT2D eigenvalue weighted by Crippen LogP contribution is 2.36. The smallest absolute Gasteiger partial charge is 0.232 e. The Bertz CT molecular complexity index is 877. The minimum absolute atomic E-state index is 0.111. The van der Waals surface area contributed by atoms with E-state index >= 15 is 0 Å². The zero-order valence-electron chi connectivity index (χ0n) is 13.4. The van der Waals surface area contributed by atoms with Crippen molar-refractivity contribution in [1.82, 2.24) is 9.78 Å². The van der Waals surface area contributed by atoms with Crippen molar-refractivity contribution >= 4 is 31.5 Å². The molecule has 1 aromatic heterocycles. The van der Waals surface area contributed by atoms with Gasteiger partial charge in [0.2, 0.25) is 15.0 Å². The fourth-order valence-electron chi connectivity index (χ4n) is 3.28. The molecule has 8 heteroatoms. The fourth-order valence-corrected chi connectivity index (χ4v) is 4.60. The maximum absolute atomic E-state index is 12.5. The maximum atomic E-state index is 12.5. The van der Waals surface area contributed by atoms with Gasteiger partial charge in [-0.25, -0.2) is 8.42 Å². The molecule has 24 heavy (non-hydrogen) atoms. The molecular weight excluding hydrogens is 350 g/mol. The summed E-state index contributed by atoms with van der Waals surface area (Å²) in [5.41, 5.74) is 2.68. The number of aromatic nitrogens is 2. The molecule has 6 nitrogen and oxygen atoms in total. The molecule has 1 unspecified atom stereocenters. The van der Waals surface area contributed by atoms with Crippen molar-refractivity contribution in [3.8, 4) is 11.1 Å². The molecule has 0 N–H and O–H groups in total. The van der Waals surface area contributed by atoms with Crippen molar-refractivity contribution in [2.75, 3.05) is 17.2 Å². The average Bonchev–Trinajstić information content (AvgIpc) is 2.97. The Morgan fingerprint density at radius 1 is 1.29 bits per heavy atom. The van der Waals surface area contributed by atoms with Crippen LogP contribution in [-0.4, -0.2) is 36.4 Å². The topological polar surface area (TPSA) is 72.3 Å². The summed E-state index contributed by atoms with van der Waals surface area (Å²) in [6.45, 7) is 2.22. The highest BCUT2D eigenvalue weighted by atomic mass is 35.7. The van der Waals surface area contributed by atoms with Crippen molar-refractivity contribution in [1.29, 1.82) is 0 Å². The van der Waals surface area contributed by atoms with Gasteiger partial charge in [-0.3, -0.25) is 14.4 Å². The summed E-state index contributed by atoms with van der Waals surface area (Å²) in [5, 5.41) is 4.44. The van der Waals surface area contributed by atoms with Crippen LogP contribution in [0.15, 0.2) is 30.3 Å². The Morgan fingerprint density at radius 2 is 1.96 bits per heavy atom. The van der Waals surface area contributed by atoms with Crippen molar-refractivity contribution in [3.05, 3.63) is 36.0 Å². The lowest BCUT2D eigenvalue weighted by Crippen LogP contribution is -2.28. The van der Waals surface area contributed by atoms with E-state index in [2.05, 4.69) is 5.10 Å². The molecule has 128 valence electrons. The van der Waals surface area contributed by atoms with E-state index in [4.69, 9.17) is 10.7 Å². The third-order valence-corrected chi connectivity index (χ3v) is 5.40. The molecule has 1 amide bonds. The molecule has 2 heterocycles. The minimum Gasteiger partial charge on any atom is -0.296 e. The van der Waals surface area contributed by atoms with Crippen molar-refractivity contribution in [2.24, 2.45) is 13.0 Å². The van der Waals surface area contributed by atoms with Gasteiger partial charge in [-0.15, -0.1) is 0 Å². The van der Waals surface area contributed by atoms with E-state index in [1.807, 2.05) is 37.3 Å². The Kier molecular flexibility index (Phi) is 4.40. The zero-order valence-corrected chi connectivity index (χ0v) is 15.0. The van der Waals surface area contributed by atoms with Crippen LogP contribution in [0.25, 0.3) is 11.1 Å². The first-order valence-corrected chi connectivity index (χ1v) is 10.1. The molecule has 1 aliphatic heterocycles. The van der Waals surface area contributed by atoms with Crippen LogP contribution in [0.5, 0.6) is 0 Å². The van der Waals surface area contributed by atoms with Gasteiger partial charge in [-0.2, -0.15) is 5.10 Å². The van der Waals surface area contributed by atoms with Crippen LogP contribution in [0.3, 0.4) is 0 Å². The maximum Gasteiger partial charge on any atom is 0.232 e. The Morgan fingerprint density at radius 3 is 2.58 bits per heavy atom. The van der Waals surface area contributed by atoms with Crippen LogP contribution >= 0.6 is 10.7 Å². The molecule has 1 saturated heterocycles. The standard InChI is InChI=1S/C16H18ClN3O3S/c1-11-15(13-6-4-3-5-7-13)16(19(2)18-11)20-9-12(8-14(20)21)10-24(17,22)23/h3-7,12H,8-10H2,1-2H3. The number of anilines is 1. The van der Waals surface area contributed by atoms with E-state index in [1.165, 1.54) is 0 Å². The molecule has 0 radical (unpaired) electrons. The van der Waals surface area contributed by atoms with Gasteiger partial charge < -0.3 is 0 Å². The second-order valence-electron chi connectivity index (χ2n) is 6.05. The monoisotopic (exact) mass is 367 g/mol. The fraction of sp³-hybridized carbons (Fsp3) is 0.375. The molecule has 0 spiro atoms. The third kappa shape index (κ3) is 3.32. The van der Waals surface area contributed by atoms with Gasteiger partial charge in [0, 0.05) is 42.2 Å². The molecule has 2 aromatic rings. The molecular formula is C16H18ClN3O3S. The van der Waals surface area contributed by atoms with E-state index in [-0.39, 0.29) is 24.0 Å². The highest BCUT2D eigenvalue weighted by molar-refractivity contribution is 8.13. The Hall–Kier alpha value is -1.86. The van der Waals surface area contributed by atoms with E-state index < -0.39 is 9.05 Å². The quantitative estimate of drug-likeness (QED) is 0.777. The second-order valence-corrected chi connectivity index (χ2v) is 8.88. The van der Waals surface area contributed by atoms with Gasteiger partial charge in [0.15, 0.2) is 0 Å². The number of rotatable bonds is 4. The number of hydrogen-bond acceptors (Lipinski definition) is 4. The minimum atomic E-state index is -3.63. The van der Waals surface area contributed by atoms with Crippen LogP contribution in [0.4, 0.5) is 5.82 Å². The third-order valence-electron chi connectivity index (χ3n) is 4.15. The van der Waals surface area contributed by atoms with Gasteiger partial charge in [-0.1, -0.05) is 30.3 Å². The summed E-state index contributed by atoms with van der Waals surface area (Å²) >= 11 is 0. The predicted octanol–water partition coefficient (Wildman–Crippen LogP) is 2.32. The summed E-state index contributed by atoms with van der Waals surface area (Å²) in [7, 11) is 3.49. The van der Waals surface area contributed by atoms with Crippen molar-refractivity contribution in [2.45, 2.75) is 13.3 Å². The number of aryl methyl sites for hydroxylation is 2. The van der Waals surface area contributed by atoms with E-state index in [9.17, 15) is 13.2 Å². The number of halogens is 1. The summed E-state index contributed by atoms with van der Waals surface area (Å²) in [6.07, 6.45) is 0.171. The number of nitrogens with zero attached hydrogens (tertiary/aromatic N) is 3. The normalized spacial score (nSPS) is 18.4. The van der Waals surface area contributed by atoms with Crippen molar-refractivity contribution < 1.29 is 13.2 Å². The predicted molar refractivity (Wildman–Crippen MR) is 93.5 cm³/mol. The molecule has 0 saturated carbocycles. The summed E-state index contributed by atoms with van der Waals surface area (Å²) in [6, 6.07) is 9.72. The zero-order chi connectivity index (χ0) is 17.5. The number of carbonyl (C=O) groups is 1. The Labute approximate surface area is 145 Å². The van der Waals surface area contributed by atoms with Crippen molar-refractivity contribution in [3.63, 3.8) is 0 Å². The summed E-state index contributed by atoms with van der Waals surface area (Å²) in [4.78, 5) is 14.1. The van der Waals surface area contributed by atoms with Gasteiger partial charge >= 0.3 is 0 Å². The summed E-state index contributed by atoms with van der Waals surface area (Å²) in [5.74, 6) is 0.0754. The number of amides is 1. The van der Waals surface area contributed by atoms with Gasteiger partial charge in [-0.05, 0) is 12.5 Å². The average molecular weight is 368 g/mol. The first-order valence-electron chi connectivity index (χ1n) is 7.58. The number of carbonyl (C=O) groups excluding carboxylic acids is 1. The molecule has 1 atom stereocenters. The number of hydrogen-bond donors (Lipinski definition) is 0. The lowest BCUT2D eigenvalue weighted by molar-refractivity contribution is -0.117. The Balaban J connectivity index is 2.00. The first-order chi connectivity index (χ1) is 11.3. The molecule has 0 bridgehead atoms. The second kappa shape index (κ2) is 6.22. The largest absolute Gasteiger partial charge is 0.296 e. The van der Waals surface area contributed by atoms with Crippen LogP contribution in [-0.2, 0) is 20.9 Å². The van der Waals surface area contributed by atoms with Gasteiger partial charge in [0.25, 0.3) is 0 Å². The van der Waals surface area contributed by atoms with E-state index in [0.717, 1.165) is 16.8 Å². The molecule has 1 aliphatic rings. The first kappa shape index (κ1) is 17.0. The van der Waals surface area contributed by atoms with Crippen LogP contribution in [0, 0.1) is 12.8 Å². The molecule has 3 rings (SSSR count). The van der Waals surface area contributed by atoms with Crippen LogP contribution in [0.2, 0.25) is 0 Å². The van der Waals surface area contributed by atoms with Crippen LogP contribution < -0.4 is 4.90 Å². The van der Waals surface area contributed by atoms with E-state index in [0.29, 0.717) is 12.4 Å². The molecule has 1 aromatic carbocycles. The lowest BCUT2D eigenvalue weighted by atomic mass is 10.1. The lowest BCUT2D eigenvalue weighted by Gasteiger charge is -2.19. The number of benzene rings is 1. The highest BCUT2D eigenvalue weighted by Gasteiger charge is 2.36. The van der Waals surface area contributed by atoms with E-state index in [1.54, 1.807) is 16.6 Å². The van der Waals surface area contributed by atoms with Crippen LogP contribution in [0.1, 0.15) is 12.1 Å². The van der Waals surface area contributed by atoms with Gasteiger partial charge in [0.1, 0.15) is 5.82 Å². The summed E-state index contributed by atoms with van der Waals surface area (Å²) < 4.78 is 24.3.